The maximum absolute atomic E-state index is 13.2. The predicted molar refractivity (Wildman–Crippen MR) is 55.2 cm³/mol. The molecule has 0 aliphatic carbocycles. The van der Waals surface area contributed by atoms with Crippen LogP contribution in [0.1, 0.15) is 6.92 Å². The molecule has 7 heteroatoms. The van der Waals surface area contributed by atoms with Crippen LogP contribution < -0.4 is 10.5 Å². The number of benzene rings is 1. The lowest BCUT2D eigenvalue weighted by Gasteiger charge is -2.12. The smallest absolute Gasteiger partial charge is 0.243 e. The van der Waals surface area contributed by atoms with Crippen LogP contribution in [0.3, 0.4) is 0 Å². The molecular weight excluding hydrogens is 238 g/mol. The van der Waals surface area contributed by atoms with E-state index in [0.717, 1.165) is 12.1 Å². The molecule has 0 bridgehead atoms. The van der Waals surface area contributed by atoms with Crippen molar-refractivity contribution in [2.45, 2.75) is 17.9 Å². The first-order valence-corrected chi connectivity index (χ1v) is 6.02. The van der Waals surface area contributed by atoms with E-state index in [1.807, 2.05) is 0 Å². The van der Waals surface area contributed by atoms with Crippen LogP contribution in [0.2, 0.25) is 0 Å². The quantitative estimate of drug-likeness (QED) is 0.821. The summed E-state index contributed by atoms with van der Waals surface area (Å²) in [6, 6.07) is 1.69. The standard InChI is InChI=1S/C9H12F2N2O2S/c1-6(5-12)13-16(14,15)9-4-7(10)2-3-8(9)11/h2-4,6,13H,5,12H2,1H3/t6-/m0/s1. The van der Waals surface area contributed by atoms with Crippen LogP contribution in [0.4, 0.5) is 8.78 Å². The molecular formula is C9H12F2N2O2S. The zero-order valence-electron chi connectivity index (χ0n) is 8.57. The Morgan fingerprint density at radius 3 is 2.62 bits per heavy atom. The summed E-state index contributed by atoms with van der Waals surface area (Å²) in [5, 5.41) is 0. The normalized spacial score (nSPS) is 13.8. The van der Waals surface area contributed by atoms with E-state index in [0.29, 0.717) is 6.07 Å². The van der Waals surface area contributed by atoms with E-state index < -0.39 is 32.6 Å². The summed E-state index contributed by atoms with van der Waals surface area (Å²) in [5.41, 5.74) is 5.23. The summed E-state index contributed by atoms with van der Waals surface area (Å²) in [4.78, 5) is -0.715. The van der Waals surface area contributed by atoms with Crippen LogP contribution in [0.15, 0.2) is 23.1 Å². The van der Waals surface area contributed by atoms with E-state index in [1.165, 1.54) is 6.92 Å². The van der Waals surface area contributed by atoms with Crippen molar-refractivity contribution in [1.82, 2.24) is 4.72 Å². The highest BCUT2D eigenvalue weighted by molar-refractivity contribution is 7.89. The molecule has 0 unspecified atom stereocenters. The highest BCUT2D eigenvalue weighted by atomic mass is 32.2. The predicted octanol–water partition coefficient (Wildman–Crippen LogP) is 0.590. The first-order chi connectivity index (χ1) is 7.36. The third-order valence-electron chi connectivity index (χ3n) is 1.89. The molecule has 1 rings (SSSR count). The molecule has 0 heterocycles. The molecule has 1 aromatic carbocycles. The molecule has 0 spiro atoms. The summed E-state index contributed by atoms with van der Waals surface area (Å²) in [5.74, 6) is -1.82. The molecule has 16 heavy (non-hydrogen) atoms. The van der Waals surface area contributed by atoms with Crippen LogP contribution in [-0.2, 0) is 10.0 Å². The molecule has 0 saturated heterocycles. The number of hydrogen-bond donors (Lipinski definition) is 2. The summed E-state index contributed by atoms with van der Waals surface area (Å²) in [6.45, 7) is 1.59. The lowest BCUT2D eigenvalue weighted by molar-refractivity contribution is 0.536. The molecule has 90 valence electrons. The SMILES string of the molecule is C[C@@H](CN)NS(=O)(=O)c1cc(F)ccc1F. The van der Waals surface area contributed by atoms with Gasteiger partial charge in [0.25, 0.3) is 0 Å². The summed E-state index contributed by atoms with van der Waals surface area (Å²) < 4.78 is 51.3. The fourth-order valence-corrected chi connectivity index (χ4v) is 2.40. The number of halogens is 2. The molecule has 0 aliphatic rings. The van der Waals surface area contributed by atoms with Gasteiger partial charge in [-0.1, -0.05) is 0 Å². The average molecular weight is 250 g/mol. The number of hydrogen-bond acceptors (Lipinski definition) is 3. The van der Waals surface area contributed by atoms with Gasteiger partial charge in [0, 0.05) is 12.6 Å². The Balaban J connectivity index is 3.12. The lowest BCUT2D eigenvalue weighted by atomic mass is 10.3. The monoisotopic (exact) mass is 250 g/mol. The van der Waals surface area contributed by atoms with Crippen LogP contribution in [0.5, 0.6) is 0 Å². The van der Waals surface area contributed by atoms with Gasteiger partial charge >= 0.3 is 0 Å². The second kappa shape index (κ2) is 4.86. The van der Waals surface area contributed by atoms with E-state index in [9.17, 15) is 17.2 Å². The highest BCUT2D eigenvalue weighted by Crippen LogP contribution is 2.15. The zero-order valence-corrected chi connectivity index (χ0v) is 9.39. The van der Waals surface area contributed by atoms with Crippen molar-refractivity contribution < 1.29 is 17.2 Å². The van der Waals surface area contributed by atoms with Gasteiger partial charge in [0.15, 0.2) is 0 Å². The molecule has 0 aromatic heterocycles. The molecule has 3 N–H and O–H groups in total. The molecule has 0 fully saturated rings. The van der Waals surface area contributed by atoms with E-state index >= 15 is 0 Å². The van der Waals surface area contributed by atoms with E-state index in [2.05, 4.69) is 4.72 Å². The van der Waals surface area contributed by atoms with Gasteiger partial charge < -0.3 is 5.73 Å². The van der Waals surface area contributed by atoms with Crippen molar-refractivity contribution in [2.75, 3.05) is 6.54 Å². The molecule has 1 atom stereocenters. The fourth-order valence-electron chi connectivity index (χ4n) is 1.06. The van der Waals surface area contributed by atoms with Gasteiger partial charge in [-0.25, -0.2) is 21.9 Å². The van der Waals surface area contributed by atoms with Gasteiger partial charge in [-0.2, -0.15) is 0 Å². The molecule has 0 saturated carbocycles. The van der Waals surface area contributed by atoms with Crippen LogP contribution in [0.25, 0.3) is 0 Å². The van der Waals surface area contributed by atoms with Gasteiger partial charge in [0.2, 0.25) is 10.0 Å². The maximum atomic E-state index is 13.2. The lowest BCUT2D eigenvalue weighted by Crippen LogP contribution is -2.38. The molecule has 0 radical (unpaired) electrons. The average Bonchev–Trinajstić information content (AvgIpc) is 2.20. The largest absolute Gasteiger partial charge is 0.329 e. The molecule has 4 nitrogen and oxygen atoms in total. The van der Waals surface area contributed by atoms with Crippen LogP contribution in [0, 0.1) is 11.6 Å². The number of nitrogens with two attached hydrogens (primary N) is 1. The first-order valence-electron chi connectivity index (χ1n) is 4.54. The number of sulfonamides is 1. The summed E-state index contributed by atoms with van der Waals surface area (Å²) >= 11 is 0. The second-order valence-corrected chi connectivity index (χ2v) is 5.02. The van der Waals surface area contributed by atoms with Crippen molar-refractivity contribution in [2.24, 2.45) is 5.73 Å². The third-order valence-corrected chi connectivity index (χ3v) is 3.50. The zero-order chi connectivity index (χ0) is 12.3. The third kappa shape index (κ3) is 2.97. The van der Waals surface area contributed by atoms with Gasteiger partial charge in [0.05, 0.1) is 0 Å². The summed E-state index contributed by atoms with van der Waals surface area (Å²) in [7, 11) is -4.07. The van der Waals surface area contributed by atoms with Gasteiger partial charge in [0.1, 0.15) is 16.5 Å². The second-order valence-electron chi connectivity index (χ2n) is 3.33. The van der Waals surface area contributed by atoms with Gasteiger partial charge in [-0.3, -0.25) is 0 Å². The molecule has 0 amide bonds. The highest BCUT2D eigenvalue weighted by Gasteiger charge is 2.21. The first kappa shape index (κ1) is 13.0. The van der Waals surface area contributed by atoms with Crippen molar-refractivity contribution in [3.05, 3.63) is 29.8 Å². The van der Waals surface area contributed by atoms with Crippen molar-refractivity contribution in [3.63, 3.8) is 0 Å². The minimum absolute atomic E-state index is 0.0656. The van der Waals surface area contributed by atoms with E-state index in [4.69, 9.17) is 5.73 Å². The Hall–Kier alpha value is -1.05. The topological polar surface area (TPSA) is 72.2 Å². The Kier molecular flexibility index (Phi) is 3.95. The number of nitrogens with one attached hydrogen (secondary N) is 1. The molecule has 1 aromatic rings. The Labute approximate surface area is 92.5 Å². The van der Waals surface area contributed by atoms with Crippen LogP contribution in [-0.4, -0.2) is 21.0 Å². The maximum Gasteiger partial charge on any atom is 0.243 e. The number of rotatable bonds is 4. The Morgan fingerprint density at radius 2 is 2.06 bits per heavy atom. The Morgan fingerprint density at radius 1 is 1.44 bits per heavy atom. The fraction of sp³-hybridized carbons (Fsp3) is 0.333. The Bertz CT molecular complexity index is 476. The van der Waals surface area contributed by atoms with Crippen molar-refractivity contribution in [1.29, 1.82) is 0 Å². The summed E-state index contributed by atoms with van der Waals surface area (Å²) in [6.07, 6.45) is 0. The van der Waals surface area contributed by atoms with E-state index in [-0.39, 0.29) is 6.54 Å². The minimum atomic E-state index is -4.07. The van der Waals surface area contributed by atoms with Crippen molar-refractivity contribution in [3.8, 4) is 0 Å². The van der Waals surface area contributed by atoms with Gasteiger partial charge in [-0.15, -0.1) is 0 Å². The minimum Gasteiger partial charge on any atom is -0.329 e. The van der Waals surface area contributed by atoms with Crippen molar-refractivity contribution >= 4 is 10.0 Å². The van der Waals surface area contributed by atoms with Crippen LogP contribution >= 0.6 is 0 Å². The van der Waals surface area contributed by atoms with Gasteiger partial charge in [-0.05, 0) is 25.1 Å². The van der Waals surface area contributed by atoms with E-state index in [1.54, 1.807) is 0 Å². The molecule has 0 aliphatic heterocycles.